The van der Waals surface area contributed by atoms with E-state index in [2.05, 4.69) is 61.3 Å². The summed E-state index contributed by atoms with van der Waals surface area (Å²) in [4.78, 5) is 2.81. The van der Waals surface area contributed by atoms with Crippen LogP contribution >= 0.6 is 0 Å². The van der Waals surface area contributed by atoms with E-state index in [1.165, 1.54) is 24.8 Å². The first kappa shape index (κ1) is 14.1. The molecule has 1 N–H and O–H groups in total. The van der Waals surface area contributed by atoms with Crippen molar-refractivity contribution in [2.45, 2.75) is 57.7 Å². The minimum atomic E-state index is 0.448. The fourth-order valence-corrected chi connectivity index (χ4v) is 3.87. The molecule has 1 aromatic rings. The lowest BCUT2D eigenvalue weighted by Gasteiger charge is -2.56. The Kier molecular flexibility index (Phi) is 3.87. The van der Waals surface area contributed by atoms with Gasteiger partial charge in [0, 0.05) is 30.7 Å². The first-order chi connectivity index (χ1) is 9.60. The smallest absolute Gasteiger partial charge is 0.0450 e. The molecule has 1 aromatic carbocycles. The van der Waals surface area contributed by atoms with Crippen LogP contribution in [-0.4, -0.2) is 29.6 Å². The third kappa shape index (κ3) is 2.51. The predicted octanol–water partition coefficient (Wildman–Crippen LogP) is 3.60. The zero-order valence-electron chi connectivity index (χ0n) is 13.1. The average Bonchev–Trinajstić information content (AvgIpc) is 2.45. The first-order valence-electron chi connectivity index (χ1n) is 8.15. The minimum Gasteiger partial charge on any atom is -0.307 e. The highest BCUT2D eigenvalue weighted by Gasteiger charge is 2.44. The van der Waals surface area contributed by atoms with Crippen LogP contribution in [0.4, 0.5) is 0 Å². The Morgan fingerprint density at radius 2 is 1.90 bits per heavy atom. The Hall–Kier alpha value is -0.860. The van der Waals surface area contributed by atoms with E-state index in [0.29, 0.717) is 17.6 Å². The summed E-state index contributed by atoms with van der Waals surface area (Å²) < 4.78 is 0. The largest absolute Gasteiger partial charge is 0.307 e. The molecule has 110 valence electrons. The van der Waals surface area contributed by atoms with Crippen molar-refractivity contribution in [1.82, 2.24) is 10.2 Å². The van der Waals surface area contributed by atoms with Crippen LogP contribution in [-0.2, 0) is 0 Å². The Morgan fingerprint density at radius 3 is 2.45 bits per heavy atom. The summed E-state index contributed by atoms with van der Waals surface area (Å²) in [5.41, 5.74) is 1.88. The van der Waals surface area contributed by atoms with Gasteiger partial charge in [-0.3, -0.25) is 4.90 Å². The Bertz CT molecular complexity index is 436. The second-order valence-electron chi connectivity index (χ2n) is 7.19. The van der Waals surface area contributed by atoms with Gasteiger partial charge in [-0.15, -0.1) is 0 Å². The predicted molar refractivity (Wildman–Crippen MR) is 84.8 cm³/mol. The van der Waals surface area contributed by atoms with Gasteiger partial charge in [0.1, 0.15) is 0 Å². The lowest BCUT2D eigenvalue weighted by Crippen LogP contribution is -2.64. The van der Waals surface area contributed by atoms with Crippen LogP contribution in [0, 0.1) is 5.92 Å². The van der Waals surface area contributed by atoms with Gasteiger partial charge in [-0.05, 0) is 37.7 Å². The highest BCUT2D eigenvalue weighted by Crippen LogP contribution is 2.41. The fourth-order valence-electron chi connectivity index (χ4n) is 3.87. The van der Waals surface area contributed by atoms with E-state index in [1.807, 2.05) is 0 Å². The molecule has 2 unspecified atom stereocenters. The highest BCUT2D eigenvalue weighted by molar-refractivity contribution is 5.20. The van der Waals surface area contributed by atoms with Crippen molar-refractivity contribution >= 4 is 0 Å². The van der Waals surface area contributed by atoms with Crippen molar-refractivity contribution in [2.24, 2.45) is 5.92 Å². The lowest BCUT2D eigenvalue weighted by atomic mass is 9.74. The Morgan fingerprint density at radius 1 is 1.20 bits per heavy atom. The highest BCUT2D eigenvalue weighted by atomic mass is 15.3. The second kappa shape index (κ2) is 5.50. The maximum absolute atomic E-state index is 3.78. The molecule has 3 rings (SSSR count). The van der Waals surface area contributed by atoms with Crippen LogP contribution in [0.2, 0.25) is 0 Å². The van der Waals surface area contributed by atoms with Gasteiger partial charge in [0.2, 0.25) is 0 Å². The van der Waals surface area contributed by atoms with Gasteiger partial charge in [-0.1, -0.05) is 44.2 Å². The van der Waals surface area contributed by atoms with Crippen LogP contribution in [0.5, 0.6) is 0 Å². The third-order valence-corrected chi connectivity index (χ3v) is 5.45. The van der Waals surface area contributed by atoms with Gasteiger partial charge >= 0.3 is 0 Å². The van der Waals surface area contributed by atoms with Gasteiger partial charge < -0.3 is 5.32 Å². The van der Waals surface area contributed by atoms with Crippen LogP contribution < -0.4 is 5.32 Å². The monoisotopic (exact) mass is 272 g/mol. The van der Waals surface area contributed by atoms with Crippen molar-refractivity contribution in [2.75, 3.05) is 13.1 Å². The SMILES string of the molecule is CC(C)C1CNC(c2ccccc2)CN1C1(C)CCC1. The quantitative estimate of drug-likeness (QED) is 0.904. The molecular weight excluding hydrogens is 244 g/mol. The van der Waals surface area contributed by atoms with Gasteiger partial charge in [0.15, 0.2) is 0 Å². The van der Waals surface area contributed by atoms with Gasteiger partial charge in [0.05, 0.1) is 0 Å². The van der Waals surface area contributed by atoms with Crippen LogP contribution in [0.1, 0.15) is 51.6 Å². The molecule has 0 aromatic heterocycles. The van der Waals surface area contributed by atoms with E-state index < -0.39 is 0 Å². The number of nitrogens with one attached hydrogen (secondary N) is 1. The molecule has 0 radical (unpaired) electrons. The molecule has 1 saturated carbocycles. The molecular formula is C18H28N2. The number of nitrogens with zero attached hydrogens (tertiary/aromatic N) is 1. The van der Waals surface area contributed by atoms with Crippen LogP contribution in [0.25, 0.3) is 0 Å². The molecule has 0 amide bonds. The fraction of sp³-hybridized carbons (Fsp3) is 0.667. The standard InChI is InChI=1S/C18H28N2/c1-14(2)17-12-19-16(15-8-5-4-6-9-15)13-20(17)18(3)10-7-11-18/h4-6,8-9,14,16-17,19H,7,10-13H2,1-3H3. The average molecular weight is 272 g/mol. The third-order valence-electron chi connectivity index (χ3n) is 5.45. The summed E-state index contributed by atoms with van der Waals surface area (Å²) >= 11 is 0. The number of hydrogen-bond acceptors (Lipinski definition) is 2. The summed E-state index contributed by atoms with van der Waals surface area (Å²) in [5.74, 6) is 0.719. The molecule has 1 aliphatic heterocycles. The molecule has 0 spiro atoms. The Labute approximate surface area is 123 Å². The molecule has 1 heterocycles. The van der Waals surface area contributed by atoms with E-state index in [0.717, 1.165) is 19.0 Å². The van der Waals surface area contributed by atoms with Gasteiger partial charge in [-0.25, -0.2) is 0 Å². The molecule has 20 heavy (non-hydrogen) atoms. The second-order valence-corrected chi connectivity index (χ2v) is 7.19. The Balaban J connectivity index is 1.80. The number of rotatable bonds is 3. The molecule has 0 bridgehead atoms. The van der Waals surface area contributed by atoms with E-state index in [4.69, 9.17) is 0 Å². The number of benzene rings is 1. The number of hydrogen-bond donors (Lipinski definition) is 1. The summed E-state index contributed by atoms with van der Waals surface area (Å²) in [6, 6.07) is 12.1. The molecule has 1 aliphatic carbocycles. The van der Waals surface area contributed by atoms with Crippen molar-refractivity contribution in [1.29, 1.82) is 0 Å². The molecule has 2 heteroatoms. The minimum absolute atomic E-state index is 0.448. The molecule has 1 saturated heterocycles. The normalized spacial score (nSPS) is 30.2. The maximum atomic E-state index is 3.78. The summed E-state index contributed by atoms with van der Waals surface area (Å²) in [6.07, 6.45) is 4.15. The molecule has 2 nitrogen and oxygen atoms in total. The maximum Gasteiger partial charge on any atom is 0.0450 e. The molecule has 2 fully saturated rings. The van der Waals surface area contributed by atoms with Gasteiger partial charge in [0.25, 0.3) is 0 Å². The van der Waals surface area contributed by atoms with Crippen LogP contribution in [0.3, 0.4) is 0 Å². The zero-order chi connectivity index (χ0) is 14.2. The molecule has 2 atom stereocenters. The summed E-state index contributed by atoms with van der Waals surface area (Å²) in [7, 11) is 0. The van der Waals surface area contributed by atoms with Crippen molar-refractivity contribution in [3.8, 4) is 0 Å². The molecule has 2 aliphatic rings. The van der Waals surface area contributed by atoms with Crippen molar-refractivity contribution < 1.29 is 0 Å². The van der Waals surface area contributed by atoms with Crippen molar-refractivity contribution in [3.05, 3.63) is 35.9 Å². The van der Waals surface area contributed by atoms with Crippen molar-refractivity contribution in [3.63, 3.8) is 0 Å². The zero-order valence-corrected chi connectivity index (χ0v) is 13.1. The van der Waals surface area contributed by atoms with E-state index in [1.54, 1.807) is 0 Å². The van der Waals surface area contributed by atoms with E-state index >= 15 is 0 Å². The van der Waals surface area contributed by atoms with E-state index in [-0.39, 0.29) is 0 Å². The summed E-state index contributed by atoms with van der Waals surface area (Å²) in [5, 5.41) is 3.78. The van der Waals surface area contributed by atoms with Gasteiger partial charge in [-0.2, -0.15) is 0 Å². The first-order valence-corrected chi connectivity index (χ1v) is 8.15. The lowest BCUT2D eigenvalue weighted by molar-refractivity contribution is -0.0431. The number of piperazine rings is 1. The summed E-state index contributed by atoms with van der Waals surface area (Å²) in [6.45, 7) is 9.48. The van der Waals surface area contributed by atoms with Crippen LogP contribution in [0.15, 0.2) is 30.3 Å². The topological polar surface area (TPSA) is 15.3 Å². The van der Waals surface area contributed by atoms with E-state index in [9.17, 15) is 0 Å².